The number of hydrogen-bond acceptors (Lipinski definition) is 12. The summed E-state index contributed by atoms with van der Waals surface area (Å²) in [5, 5.41) is 20.6. The van der Waals surface area contributed by atoms with E-state index in [1.165, 1.54) is 27.6 Å². The highest BCUT2D eigenvalue weighted by Gasteiger charge is 2.38. The smallest absolute Gasteiger partial charge is 0.293 e. The van der Waals surface area contributed by atoms with Gasteiger partial charge in [0.05, 0.1) is 35.4 Å². The van der Waals surface area contributed by atoms with Gasteiger partial charge in [0, 0.05) is 111 Å². The van der Waals surface area contributed by atoms with Crippen LogP contribution in [0.5, 0.6) is 5.75 Å². The maximum Gasteiger partial charge on any atom is 0.293 e. The molecule has 0 radical (unpaired) electrons. The predicted molar refractivity (Wildman–Crippen MR) is 268 cm³/mol. The average molecular weight is 922 g/mol. The first-order valence-corrected chi connectivity index (χ1v) is 24.0. The van der Waals surface area contributed by atoms with Crippen LogP contribution < -0.4 is 40.9 Å². The third-order valence-electron chi connectivity index (χ3n) is 14.6. The van der Waals surface area contributed by atoms with E-state index < -0.39 is 6.61 Å². The van der Waals surface area contributed by atoms with Crippen LogP contribution >= 0.6 is 0 Å². The SMILES string of the molecule is C=CC(=O)Nc1cc(Nc2nc(-c3ccnc(N4CCn5c(cc6c5CC(C)(C)C6)C4=O)c3CO)cn(C)c2=O)ccc1N1CCN(C2CCN(c3ccc4c(c3)OC[C@@H](C)N4)[C@@H](C)C2)C[C@@H]1C. The summed E-state index contributed by atoms with van der Waals surface area (Å²) in [6.07, 6.45) is 8.46. The van der Waals surface area contributed by atoms with Crippen LogP contribution in [-0.4, -0.2) is 104 Å². The number of piperidine rings is 1. The molecule has 7 heterocycles. The highest BCUT2D eigenvalue weighted by molar-refractivity contribution is 6.06. The Hall–Kier alpha value is -6.65. The van der Waals surface area contributed by atoms with E-state index in [1.54, 1.807) is 30.4 Å². The number of rotatable bonds is 10. The lowest BCUT2D eigenvalue weighted by Gasteiger charge is -2.48. The topological polar surface area (TPSA) is 165 Å². The monoisotopic (exact) mass is 922 g/mol. The van der Waals surface area contributed by atoms with Gasteiger partial charge in [0.1, 0.15) is 23.9 Å². The molecule has 5 aromatic rings. The van der Waals surface area contributed by atoms with E-state index in [2.05, 4.69) is 99.6 Å². The number of fused-ring (bicyclic) bond motifs is 4. The van der Waals surface area contributed by atoms with Crippen molar-refractivity contribution < 1.29 is 19.4 Å². The second kappa shape index (κ2) is 17.8. The molecule has 10 rings (SSSR count). The Morgan fingerprint density at radius 3 is 2.62 bits per heavy atom. The number of pyridine rings is 1. The third kappa shape index (κ3) is 8.37. The number of piperazine rings is 1. The van der Waals surface area contributed by atoms with Crippen LogP contribution in [0.3, 0.4) is 0 Å². The summed E-state index contributed by atoms with van der Waals surface area (Å²) in [5.74, 6) is 0.840. The third-order valence-corrected chi connectivity index (χ3v) is 14.6. The highest BCUT2D eigenvalue weighted by Crippen LogP contribution is 2.41. The minimum atomic E-state index is -0.399. The molecule has 5 aliphatic rings. The summed E-state index contributed by atoms with van der Waals surface area (Å²) >= 11 is 0. The molecule has 4 atom stereocenters. The van der Waals surface area contributed by atoms with E-state index in [0.29, 0.717) is 77.5 Å². The lowest BCUT2D eigenvalue weighted by Crippen LogP contribution is -2.58. The highest BCUT2D eigenvalue weighted by atomic mass is 16.5. The number of aliphatic hydroxyl groups is 1. The number of nitrogens with zero attached hydrogens (tertiary/aromatic N) is 8. The summed E-state index contributed by atoms with van der Waals surface area (Å²) in [5.41, 5.74) is 8.56. The summed E-state index contributed by atoms with van der Waals surface area (Å²) in [6.45, 7) is 19.7. The number of aliphatic hydroxyl groups excluding tert-OH is 1. The van der Waals surface area contributed by atoms with Crippen LogP contribution in [0.2, 0.25) is 0 Å². The molecule has 68 heavy (non-hydrogen) atoms. The van der Waals surface area contributed by atoms with Crippen molar-refractivity contribution in [2.75, 3.05) is 70.0 Å². The molecule has 0 spiro atoms. The van der Waals surface area contributed by atoms with Gasteiger partial charge in [0.2, 0.25) is 5.91 Å². The van der Waals surface area contributed by atoms with Crippen LogP contribution in [0.25, 0.3) is 11.3 Å². The van der Waals surface area contributed by atoms with Gasteiger partial charge in [-0.25, -0.2) is 9.97 Å². The minimum absolute atomic E-state index is 0.0548. The molecule has 16 heteroatoms. The van der Waals surface area contributed by atoms with Gasteiger partial charge in [0.15, 0.2) is 5.82 Å². The average Bonchev–Trinajstić information content (AvgIpc) is 3.82. The van der Waals surface area contributed by atoms with Crippen molar-refractivity contribution >= 4 is 51.9 Å². The van der Waals surface area contributed by atoms with Crippen molar-refractivity contribution in [3.63, 3.8) is 0 Å². The number of aryl methyl sites for hydroxylation is 1. The number of hydrogen-bond donors (Lipinski definition) is 4. The molecule has 1 aliphatic carbocycles. The number of carbonyl (C=O) groups is 2. The molecule has 2 fully saturated rings. The zero-order valence-corrected chi connectivity index (χ0v) is 40.0. The fourth-order valence-corrected chi connectivity index (χ4v) is 11.3. The number of carbonyl (C=O) groups excluding carboxylic acids is 2. The molecule has 2 amide bonds. The lowest BCUT2D eigenvalue weighted by atomic mass is 9.90. The first-order chi connectivity index (χ1) is 32.7. The maximum absolute atomic E-state index is 14.1. The van der Waals surface area contributed by atoms with E-state index in [1.807, 2.05) is 24.3 Å². The number of benzene rings is 2. The Bertz CT molecular complexity index is 2870. The van der Waals surface area contributed by atoms with E-state index in [-0.39, 0.29) is 34.6 Å². The first-order valence-electron chi connectivity index (χ1n) is 24.0. The fraction of sp³-hybridized carbons (Fsp3) is 0.442. The molecular formula is C52H63N11O5. The molecule has 356 valence electrons. The van der Waals surface area contributed by atoms with Crippen molar-refractivity contribution in [1.82, 2.24) is 24.0 Å². The predicted octanol–water partition coefficient (Wildman–Crippen LogP) is 6.55. The molecule has 2 saturated heterocycles. The molecule has 3 aromatic heterocycles. The van der Waals surface area contributed by atoms with Crippen molar-refractivity contribution in [3.8, 4) is 17.0 Å². The molecule has 2 aromatic carbocycles. The number of nitrogens with one attached hydrogen (secondary N) is 3. The Labute approximate surface area is 397 Å². The molecule has 0 bridgehead atoms. The van der Waals surface area contributed by atoms with Crippen molar-refractivity contribution in [3.05, 3.63) is 106 Å². The maximum atomic E-state index is 14.1. The Kier molecular flexibility index (Phi) is 11.8. The van der Waals surface area contributed by atoms with E-state index >= 15 is 0 Å². The Morgan fingerprint density at radius 1 is 1.00 bits per heavy atom. The summed E-state index contributed by atoms with van der Waals surface area (Å²) < 4.78 is 9.64. The summed E-state index contributed by atoms with van der Waals surface area (Å²) in [6, 6.07) is 17.2. The molecule has 1 unspecified atom stereocenters. The van der Waals surface area contributed by atoms with Gasteiger partial charge in [-0.1, -0.05) is 20.4 Å². The number of aromatic nitrogens is 4. The summed E-state index contributed by atoms with van der Waals surface area (Å²) in [7, 11) is 1.65. The molecule has 16 nitrogen and oxygen atoms in total. The van der Waals surface area contributed by atoms with Gasteiger partial charge in [-0.15, -0.1) is 0 Å². The van der Waals surface area contributed by atoms with Crippen LogP contribution in [0.15, 0.2) is 78.4 Å². The van der Waals surface area contributed by atoms with Gasteiger partial charge in [-0.2, -0.15) is 0 Å². The van der Waals surface area contributed by atoms with Gasteiger partial charge in [-0.05, 0) is 106 Å². The van der Waals surface area contributed by atoms with Crippen molar-refractivity contribution in [1.29, 1.82) is 0 Å². The summed E-state index contributed by atoms with van der Waals surface area (Å²) in [4.78, 5) is 59.2. The quantitative estimate of drug-likeness (QED) is 0.112. The van der Waals surface area contributed by atoms with Gasteiger partial charge in [0.25, 0.3) is 11.5 Å². The second-order valence-corrected chi connectivity index (χ2v) is 20.2. The van der Waals surface area contributed by atoms with Crippen LogP contribution in [0.4, 0.5) is 40.1 Å². The molecular weight excluding hydrogens is 859 g/mol. The van der Waals surface area contributed by atoms with Crippen molar-refractivity contribution in [2.45, 2.75) is 97.6 Å². The largest absolute Gasteiger partial charge is 0.489 e. The number of ether oxygens (including phenoxy) is 1. The Balaban J connectivity index is 0.852. The number of anilines is 7. The van der Waals surface area contributed by atoms with Gasteiger partial charge in [-0.3, -0.25) is 24.2 Å². The van der Waals surface area contributed by atoms with Gasteiger partial charge < -0.3 is 44.7 Å². The fourth-order valence-electron chi connectivity index (χ4n) is 11.3. The van der Waals surface area contributed by atoms with Crippen LogP contribution in [0.1, 0.15) is 74.8 Å². The van der Waals surface area contributed by atoms with Crippen LogP contribution in [0, 0.1) is 5.41 Å². The van der Waals surface area contributed by atoms with Gasteiger partial charge >= 0.3 is 0 Å². The zero-order chi connectivity index (χ0) is 47.6. The first kappa shape index (κ1) is 45.1. The van der Waals surface area contributed by atoms with Crippen LogP contribution in [-0.2, 0) is 37.8 Å². The lowest BCUT2D eigenvalue weighted by molar-refractivity contribution is -0.111. The normalized spacial score (nSPS) is 22.2. The molecule has 0 saturated carbocycles. The molecule has 4 N–H and O–H groups in total. The van der Waals surface area contributed by atoms with Crippen molar-refractivity contribution in [2.24, 2.45) is 12.5 Å². The van der Waals surface area contributed by atoms with E-state index in [0.717, 1.165) is 69.0 Å². The second-order valence-electron chi connectivity index (χ2n) is 20.2. The molecule has 4 aliphatic heterocycles. The van der Waals surface area contributed by atoms with E-state index in [9.17, 15) is 19.5 Å². The minimum Gasteiger partial charge on any atom is -0.489 e. The van der Waals surface area contributed by atoms with E-state index in [4.69, 9.17) is 9.72 Å². The Morgan fingerprint density at radius 2 is 1.84 bits per heavy atom. The zero-order valence-electron chi connectivity index (χ0n) is 40.0. The standard InChI is InChI=1S/C52H63N11O5/c1-8-47(65)56-41-23-35(9-12-43(41)61-18-17-59(27-33(61)4)36-14-16-60(32(3)21-36)37-10-11-40-46(24-37)68-30-31(2)54-40)55-48-51(67)58(7)28-42(57-48)38-13-15-53-49(39(38)29-64)63-20-19-62-44(50(63)66)22-34-25-52(5,6)26-45(34)62/h8-13,15,22-24,28,31-33,36,54,64H,1,14,16-21,25-27,29-30H2,2-7H3,(H,55,57)(H,56,65)/t31-,32+,33+,36?/m1/s1. The number of amides is 2.